The smallest absolute Gasteiger partial charge is 0.287 e. The molecule has 6 rings (SSSR count). The number of hydrogen-bond acceptors (Lipinski definition) is 4. The molecular formula is C35H33F2N3O3. The third-order valence-corrected chi connectivity index (χ3v) is 8.18. The van der Waals surface area contributed by atoms with Gasteiger partial charge in [-0.1, -0.05) is 42.5 Å². The monoisotopic (exact) mass is 581 g/mol. The molecule has 2 N–H and O–H groups in total. The first kappa shape index (κ1) is 28.6. The van der Waals surface area contributed by atoms with Gasteiger partial charge in [-0.2, -0.15) is 0 Å². The van der Waals surface area contributed by atoms with Crippen molar-refractivity contribution in [3.05, 3.63) is 102 Å². The number of halogens is 2. The molecule has 4 aromatic carbocycles. The summed E-state index contributed by atoms with van der Waals surface area (Å²) >= 11 is 0. The summed E-state index contributed by atoms with van der Waals surface area (Å²) in [6, 6.07) is 23.1. The van der Waals surface area contributed by atoms with Crippen LogP contribution in [0.25, 0.3) is 32.9 Å². The first-order chi connectivity index (χ1) is 20.9. The number of anilines is 1. The molecule has 2 heterocycles. The highest BCUT2D eigenvalue weighted by Crippen LogP contribution is 2.37. The zero-order valence-electron chi connectivity index (χ0n) is 24.0. The molecule has 1 aromatic heterocycles. The van der Waals surface area contributed by atoms with Crippen molar-refractivity contribution in [1.82, 2.24) is 10.2 Å². The summed E-state index contributed by atoms with van der Waals surface area (Å²) in [5.41, 5.74) is 3.96. The molecule has 43 heavy (non-hydrogen) atoms. The largest absolute Gasteiger partial charge is 0.450 e. The minimum absolute atomic E-state index is 0.0679. The fourth-order valence-corrected chi connectivity index (χ4v) is 6.04. The van der Waals surface area contributed by atoms with E-state index in [-0.39, 0.29) is 17.6 Å². The Morgan fingerprint density at radius 1 is 0.907 bits per heavy atom. The maximum absolute atomic E-state index is 14.0. The second-order valence-corrected chi connectivity index (χ2v) is 11.2. The van der Waals surface area contributed by atoms with Crippen LogP contribution in [0.5, 0.6) is 0 Å². The minimum atomic E-state index is -0.910. The second-order valence-electron chi connectivity index (χ2n) is 11.2. The average molecular weight is 582 g/mol. The Bertz CT molecular complexity index is 1810. The van der Waals surface area contributed by atoms with Crippen molar-refractivity contribution < 1.29 is 22.8 Å². The Morgan fingerprint density at radius 2 is 1.70 bits per heavy atom. The van der Waals surface area contributed by atoms with Gasteiger partial charge in [-0.3, -0.25) is 9.59 Å². The van der Waals surface area contributed by atoms with Gasteiger partial charge < -0.3 is 20.0 Å². The molecule has 0 aliphatic carbocycles. The van der Waals surface area contributed by atoms with Crippen LogP contribution in [-0.2, 0) is 4.79 Å². The van der Waals surface area contributed by atoms with Gasteiger partial charge in [-0.15, -0.1) is 0 Å². The summed E-state index contributed by atoms with van der Waals surface area (Å²) < 4.78 is 33.6. The average Bonchev–Trinajstić information content (AvgIpc) is 3.45. The number of rotatable bonds is 8. The molecule has 6 nitrogen and oxygen atoms in total. The van der Waals surface area contributed by atoms with E-state index >= 15 is 0 Å². The maximum atomic E-state index is 14.0. The summed E-state index contributed by atoms with van der Waals surface area (Å²) in [5, 5.41) is 8.18. The van der Waals surface area contributed by atoms with Crippen LogP contribution in [0.4, 0.5) is 14.5 Å². The SMILES string of the molecule is CC(=O)Nc1cccc(C2CCN(CCCNC(=O)c3cc4cc(-c5ccc(F)c(F)c5)c5ccccc5c4o3)CC2)c1. The number of piperidine rings is 1. The Labute approximate surface area is 248 Å². The van der Waals surface area contributed by atoms with Gasteiger partial charge >= 0.3 is 0 Å². The van der Waals surface area contributed by atoms with E-state index in [0.717, 1.165) is 67.0 Å². The summed E-state index contributed by atoms with van der Waals surface area (Å²) in [6.45, 7) is 4.90. The molecule has 5 aromatic rings. The highest BCUT2D eigenvalue weighted by Gasteiger charge is 2.21. The highest BCUT2D eigenvalue weighted by molar-refractivity contribution is 6.13. The van der Waals surface area contributed by atoms with E-state index in [2.05, 4.69) is 27.7 Å². The van der Waals surface area contributed by atoms with Crippen molar-refractivity contribution in [2.45, 2.75) is 32.1 Å². The van der Waals surface area contributed by atoms with Gasteiger partial charge in [0.25, 0.3) is 5.91 Å². The van der Waals surface area contributed by atoms with Crippen molar-refractivity contribution in [2.24, 2.45) is 0 Å². The van der Waals surface area contributed by atoms with Crippen LogP contribution in [0.1, 0.15) is 48.2 Å². The number of nitrogens with zero attached hydrogens (tertiary/aromatic N) is 1. The number of carbonyl (C=O) groups is 2. The van der Waals surface area contributed by atoms with Gasteiger partial charge in [0.1, 0.15) is 5.58 Å². The lowest BCUT2D eigenvalue weighted by atomic mass is 9.89. The van der Waals surface area contributed by atoms with E-state index in [4.69, 9.17) is 4.42 Å². The molecule has 0 spiro atoms. The topological polar surface area (TPSA) is 74.6 Å². The zero-order valence-corrected chi connectivity index (χ0v) is 24.0. The fraction of sp³-hybridized carbons (Fsp3) is 0.257. The second kappa shape index (κ2) is 12.4. The van der Waals surface area contributed by atoms with E-state index in [1.54, 1.807) is 12.1 Å². The van der Waals surface area contributed by atoms with Crippen molar-refractivity contribution in [2.75, 3.05) is 31.5 Å². The van der Waals surface area contributed by atoms with Crippen molar-refractivity contribution >= 4 is 39.2 Å². The van der Waals surface area contributed by atoms with Crippen LogP contribution >= 0.6 is 0 Å². The molecule has 1 aliphatic heterocycles. The molecule has 0 bridgehead atoms. The highest BCUT2D eigenvalue weighted by atomic mass is 19.2. The van der Waals surface area contributed by atoms with E-state index < -0.39 is 11.6 Å². The summed E-state index contributed by atoms with van der Waals surface area (Å²) in [5.74, 6) is -1.48. The maximum Gasteiger partial charge on any atom is 0.287 e. The molecule has 0 saturated carbocycles. The number of hydrogen-bond donors (Lipinski definition) is 2. The van der Waals surface area contributed by atoms with E-state index in [1.165, 1.54) is 18.6 Å². The number of fused-ring (bicyclic) bond motifs is 3. The van der Waals surface area contributed by atoms with E-state index in [9.17, 15) is 18.4 Å². The van der Waals surface area contributed by atoms with Crippen LogP contribution < -0.4 is 10.6 Å². The predicted octanol–water partition coefficient (Wildman–Crippen LogP) is 7.49. The van der Waals surface area contributed by atoms with Crippen molar-refractivity contribution in [3.63, 3.8) is 0 Å². The summed E-state index contributed by atoms with van der Waals surface area (Å²) in [4.78, 5) is 26.8. The number of amides is 2. The molecule has 1 saturated heterocycles. The molecule has 2 amide bonds. The molecule has 220 valence electrons. The lowest BCUT2D eigenvalue weighted by molar-refractivity contribution is -0.114. The van der Waals surface area contributed by atoms with Gasteiger partial charge in [0.2, 0.25) is 5.91 Å². The van der Waals surface area contributed by atoms with E-state index in [1.807, 2.05) is 42.5 Å². The minimum Gasteiger partial charge on any atom is -0.450 e. The molecule has 8 heteroatoms. The molecule has 0 atom stereocenters. The number of nitrogens with one attached hydrogen (secondary N) is 2. The van der Waals surface area contributed by atoms with Crippen molar-refractivity contribution in [1.29, 1.82) is 0 Å². The van der Waals surface area contributed by atoms with Crippen LogP contribution in [0.2, 0.25) is 0 Å². The van der Waals surface area contributed by atoms with Crippen LogP contribution in [0, 0.1) is 11.6 Å². The van der Waals surface area contributed by atoms with Gasteiger partial charge in [0.05, 0.1) is 0 Å². The summed E-state index contributed by atoms with van der Waals surface area (Å²) in [7, 11) is 0. The van der Waals surface area contributed by atoms with Gasteiger partial charge in [0, 0.05) is 29.9 Å². The predicted molar refractivity (Wildman–Crippen MR) is 165 cm³/mol. The van der Waals surface area contributed by atoms with E-state index in [0.29, 0.717) is 29.0 Å². The third-order valence-electron chi connectivity index (χ3n) is 8.18. The Morgan fingerprint density at radius 3 is 2.47 bits per heavy atom. The normalized spacial score (nSPS) is 14.3. The quantitative estimate of drug-likeness (QED) is 0.186. The number of likely N-dealkylation sites (tertiary alicyclic amines) is 1. The lowest BCUT2D eigenvalue weighted by Crippen LogP contribution is -2.35. The number of carbonyl (C=O) groups excluding carboxylic acids is 2. The Balaban J connectivity index is 1.06. The Hall–Kier alpha value is -4.56. The third kappa shape index (κ3) is 6.29. The van der Waals surface area contributed by atoms with Gasteiger partial charge in [0.15, 0.2) is 17.4 Å². The molecular weight excluding hydrogens is 548 g/mol. The van der Waals surface area contributed by atoms with Crippen molar-refractivity contribution in [3.8, 4) is 11.1 Å². The molecule has 0 radical (unpaired) electrons. The number of benzene rings is 4. The first-order valence-corrected chi connectivity index (χ1v) is 14.6. The van der Waals surface area contributed by atoms with Gasteiger partial charge in [-0.05, 0) is 103 Å². The van der Waals surface area contributed by atoms with Crippen LogP contribution in [-0.4, -0.2) is 42.9 Å². The zero-order chi connectivity index (χ0) is 29.9. The standard InChI is InChI=1S/C35H33F2N3O3/c1-22(41)39-27-7-4-6-24(18-27)23-12-16-40(17-13-23)15-5-14-38-35(42)33-21-26-19-30(25-10-11-31(36)32(37)20-25)28-8-2-3-9-29(28)34(26)43-33/h2-4,6-11,18-21,23H,5,12-17H2,1H3,(H,38,42)(H,39,41). The molecule has 0 unspecified atom stereocenters. The first-order valence-electron chi connectivity index (χ1n) is 14.6. The Kier molecular flexibility index (Phi) is 8.20. The molecule has 1 aliphatic rings. The number of furan rings is 1. The summed E-state index contributed by atoms with van der Waals surface area (Å²) in [6.07, 6.45) is 2.92. The molecule has 1 fully saturated rings. The van der Waals surface area contributed by atoms with Crippen LogP contribution in [0.3, 0.4) is 0 Å². The lowest BCUT2D eigenvalue weighted by Gasteiger charge is -2.32. The fourth-order valence-electron chi connectivity index (χ4n) is 6.04. The van der Waals surface area contributed by atoms with Gasteiger partial charge in [-0.25, -0.2) is 8.78 Å². The van der Waals surface area contributed by atoms with Crippen LogP contribution in [0.15, 0.2) is 83.3 Å².